The van der Waals surface area contributed by atoms with Crippen LogP contribution in [0, 0.1) is 0 Å². The molecule has 3 nitrogen and oxygen atoms in total. The van der Waals surface area contributed by atoms with Crippen LogP contribution in [0.15, 0.2) is 18.3 Å². The molecule has 0 fully saturated rings. The van der Waals surface area contributed by atoms with Crippen LogP contribution in [0.5, 0.6) is 0 Å². The fourth-order valence-electron chi connectivity index (χ4n) is 0.958. The van der Waals surface area contributed by atoms with E-state index in [1.807, 2.05) is 6.08 Å². The number of hydrogen-bond acceptors (Lipinski definition) is 4. The number of nitrogens with zero attached hydrogens (tertiary/aromatic N) is 1. The molecule has 0 spiro atoms. The number of nitrogen functional groups attached to an aromatic ring is 1. The van der Waals surface area contributed by atoms with Gasteiger partial charge >= 0.3 is 0 Å². The van der Waals surface area contributed by atoms with Gasteiger partial charge in [0, 0.05) is 30.1 Å². The first-order valence-electron chi connectivity index (χ1n) is 4.31. The van der Waals surface area contributed by atoms with Gasteiger partial charge in [-0.3, -0.25) is 4.79 Å². The Bertz CT molecular complexity index is 373. The molecule has 1 rings (SSSR count). The minimum absolute atomic E-state index is 0.0879. The second-order valence-electron chi connectivity index (χ2n) is 2.81. The van der Waals surface area contributed by atoms with Crippen LogP contribution >= 0.6 is 23.4 Å². The highest BCUT2D eigenvalue weighted by atomic mass is 35.5. The maximum atomic E-state index is 10.7. The Balaban J connectivity index is 2.67. The first kappa shape index (κ1) is 12.1. The molecular weight excluding hydrogens is 232 g/mol. The van der Waals surface area contributed by atoms with Crippen LogP contribution in [0.2, 0.25) is 5.15 Å². The predicted molar refractivity (Wildman–Crippen MR) is 65.8 cm³/mol. The first-order chi connectivity index (χ1) is 7.11. The molecule has 1 aromatic rings. The van der Waals surface area contributed by atoms with Crippen molar-refractivity contribution in [1.29, 1.82) is 0 Å². The van der Waals surface area contributed by atoms with E-state index < -0.39 is 0 Å². The molecule has 0 atom stereocenters. The highest BCUT2D eigenvalue weighted by Crippen LogP contribution is 2.20. The summed E-state index contributed by atoms with van der Waals surface area (Å²) in [6, 6.07) is 1.68. The molecule has 1 heterocycles. The van der Waals surface area contributed by atoms with Gasteiger partial charge < -0.3 is 5.73 Å². The molecule has 0 radical (unpaired) electrons. The number of aromatic nitrogens is 1. The summed E-state index contributed by atoms with van der Waals surface area (Å²) in [5, 5.41) is 0.462. The van der Waals surface area contributed by atoms with E-state index in [1.54, 1.807) is 18.3 Å². The Morgan fingerprint density at radius 3 is 3.07 bits per heavy atom. The number of hydrogen-bond donors (Lipinski definition) is 1. The molecule has 0 unspecified atom stereocenters. The van der Waals surface area contributed by atoms with E-state index in [2.05, 4.69) is 4.98 Å². The van der Waals surface area contributed by atoms with Gasteiger partial charge in [-0.25, -0.2) is 4.98 Å². The number of pyridine rings is 1. The summed E-state index contributed by atoms with van der Waals surface area (Å²) in [7, 11) is 0. The Morgan fingerprint density at radius 2 is 2.47 bits per heavy atom. The van der Waals surface area contributed by atoms with Gasteiger partial charge in [0.15, 0.2) is 5.12 Å². The van der Waals surface area contributed by atoms with Crippen molar-refractivity contribution in [2.45, 2.75) is 6.92 Å². The van der Waals surface area contributed by atoms with Crippen molar-refractivity contribution in [3.8, 4) is 0 Å². The molecule has 2 N–H and O–H groups in total. The van der Waals surface area contributed by atoms with Gasteiger partial charge in [-0.1, -0.05) is 35.5 Å². The van der Waals surface area contributed by atoms with Crippen molar-refractivity contribution in [2.24, 2.45) is 0 Å². The summed E-state index contributed by atoms with van der Waals surface area (Å²) in [4.78, 5) is 14.6. The summed E-state index contributed by atoms with van der Waals surface area (Å²) in [5.74, 6) is 0.611. The van der Waals surface area contributed by atoms with Crippen LogP contribution in [0.4, 0.5) is 5.69 Å². The lowest BCUT2D eigenvalue weighted by molar-refractivity contribution is -0.109. The lowest BCUT2D eigenvalue weighted by Crippen LogP contribution is -1.91. The highest BCUT2D eigenvalue weighted by Gasteiger charge is 2.01. The quantitative estimate of drug-likeness (QED) is 0.828. The van der Waals surface area contributed by atoms with Crippen molar-refractivity contribution < 1.29 is 4.79 Å². The number of nitrogens with two attached hydrogens (primary N) is 1. The maximum absolute atomic E-state index is 10.7. The lowest BCUT2D eigenvalue weighted by atomic mass is 10.2. The normalized spacial score (nSPS) is 10.8. The van der Waals surface area contributed by atoms with E-state index >= 15 is 0 Å². The molecule has 0 saturated heterocycles. The minimum atomic E-state index is 0.0879. The van der Waals surface area contributed by atoms with E-state index in [9.17, 15) is 4.79 Å². The largest absolute Gasteiger partial charge is 0.398 e. The molecule has 80 valence electrons. The second-order valence-corrected chi connectivity index (χ2v) is 4.36. The van der Waals surface area contributed by atoms with Crippen LogP contribution in [0.1, 0.15) is 12.5 Å². The zero-order valence-electron chi connectivity index (χ0n) is 8.24. The molecule has 0 bridgehead atoms. The third-order valence-corrected chi connectivity index (χ3v) is 2.71. The van der Waals surface area contributed by atoms with Crippen molar-refractivity contribution in [3.63, 3.8) is 0 Å². The van der Waals surface area contributed by atoms with Crippen molar-refractivity contribution in [2.75, 3.05) is 11.5 Å². The average Bonchev–Trinajstić information content (AvgIpc) is 2.15. The number of carbonyl (C=O) groups is 1. The summed E-state index contributed by atoms with van der Waals surface area (Å²) >= 11 is 7.09. The van der Waals surface area contributed by atoms with Gasteiger partial charge in [0.25, 0.3) is 0 Å². The molecule has 0 aliphatic heterocycles. The van der Waals surface area contributed by atoms with E-state index in [1.165, 1.54) is 18.7 Å². The molecule has 0 saturated carbocycles. The van der Waals surface area contributed by atoms with Gasteiger partial charge in [-0.05, 0) is 6.07 Å². The summed E-state index contributed by atoms with van der Waals surface area (Å²) < 4.78 is 0. The summed E-state index contributed by atoms with van der Waals surface area (Å²) in [6.07, 6.45) is 5.17. The number of anilines is 1. The fraction of sp³-hybridized carbons (Fsp3) is 0.200. The van der Waals surface area contributed by atoms with Crippen LogP contribution in [0.25, 0.3) is 6.08 Å². The Hall–Kier alpha value is -1.00. The van der Waals surface area contributed by atoms with Crippen molar-refractivity contribution in [3.05, 3.63) is 29.1 Å². The summed E-state index contributed by atoms with van der Waals surface area (Å²) in [6.45, 7) is 1.53. The molecular formula is C10H11ClN2OS. The van der Waals surface area contributed by atoms with Gasteiger partial charge in [-0.15, -0.1) is 0 Å². The first-order valence-corrected chi connectivity index (χ1v) is 5.67. The monoisotopic (exact) mass is 242 g/mol. The van der Waals surface area contributed by atoms with Crippen molar-refractivity contribution >= 4 is 40.2 Å². The van der Waals surface area contributed by atoms with E-state index in [0.717, 1.165) is 0 Å². The number of thioether (sulfide) groups is 1. The molecule has 5 heteroatoms. The molecule has 0 aliphatic rings. The summed E-state index contributed by atoms with van der Waals surface area (Å²) in [5.41, 5.74) is 6.99. The molecule has 0 amide bonds. The van der Waals surface area contributed by atoms with Gasteiger partial charge in [-0.2, -0.15) is 0 Å². The maximum Gasteiger partial charge on any atom is 0.186 e. The number of halogens is 1. The zero-order valence-corrected chi connectivity index (χ0v) is 9.81. The standard InChI is InChI=1S/C10H11ClN2OS/c1-7(14)15-6-2-3-8-9(12)4-5-13-10(8)11/h2-5H,6H2,1H3,(H2,12,13). The molecule has 15 heavy (non-hydrogen) atoms. The Morgan fingerprint density at radius 1 is 1.73 bits per heavy atom. The third-order valence-electron chi connectivity index (χ3n) is 1.64. The van der Waals surface area contributed by atoms with Crippen LogP contribution < -0.4 is 5.73 Å². The van der Waals surface area contributed by atoms with Crippen LogP contribution in [-0.2, 0) is 4.79 Å². The average molecular weight is 243 g/mol. The van der Waals surface area contributed by atoms with E-state index in [-0.39, 0.29) is 5.12 Å². The Labute approximate surface area is 97.7 Å². The predicted octanol–water partition coefficient (Wildman–Crippen LogP) is 2.61. The van der Waals surface area contributed by atoms with Gasteiger partial charge in [0.2, 0.25) is 0 Å². The topological polar surface area (TPSA) is 56.0 Å². The zero-order chi connectivity index (χ0) is 11.3. The second kappa shape index (κ2) is 5.78. The number of carbonyl (C=O) groups excluding carboxylic acids is 1. The van der Waals surface area contributed by atoms with Crippen LogP contribution in [0.3, 0.4) is 0 Å². The van der Waals surface area contributed by atoms with Gasteiger partial charge in [0.05, 0.1) is 0 Å². The minimum Gasteiger partial charge on any atom is -0.398 e. The van der Waals surface area contributed by atoms with Crippen LogP contribution in [-0.4, -0.2) is 15.9 Å². The SMILES string of the molecule is CC(=O)SCC=Cc1c(N)ccnc1Cl. The van der Waals surface area contributed by atoms with E-state index in [0.29, 0.717) is 22.2 Å². The fourth-order valence-corrected chi connectivity index (χ4v) is 1.61. The number of rotatable bonds is 3. The lowest BCUT2D eigenvalue weighted by Gasteiger charge is -2.00. The Kier molecular flexibility index (Phi) is 4.65. The van der Waals surface area contributed by atoms with Gasteiger partial charge in [0.1, 0.15) is 5.15 Å². The third kappa shape index (κ3) is 3.93. The molecule has 1 aromatic heterocycles. The smallest absolute Gasteiger partial charge is 0.186 e. The molecule has 0 aliphatic carbocycles. The molecule has 0 aromatic carbocycles. The van der Waals surface area contributed by atoms with E-state index in [4.69, 9.17) is 17.3 Å². The van der Waals surface area contributed by atoms with Crippen molar-refractivity contribution in [1.82, 2.24) is 4.98 Å². The highest BCUT2D eigenvalue weighted by molar-refractivity contribution is 8.13.